The highest BCUT2D eigenvalue weighted by molar-refractivity contribution is 6.32. The Labute approximate surface area is 158 Å². The van der Waals surface area contributed by atoms with Gasteiger partial charge in [-0.1, -0.05) is 78.3 Å². The van der Waals surface area contributed by atoms with Crippen LogP contribution in [-0.2, 0) is 0 Å². The molecular formula is C22H13BN4. The predicted octanol–water partition coefficient (Wildman–Crippen LogP) is 3.54. The third kappa shape index (κ3) is 3.60. The Morgan fingerprint density at radius 3 is 1.59 bits per heavy atom. The standard InChI is InChI=1S/C22H13BN4/c23-19-12-15(14-24)11-18(13-19)22-26-20(16-7-3-1-4-8-16)25-21(27-22)17-9-5-2-6-10-17/h1-13H. The molecule has 0 fully saturated rings. The number of hydrogen-bond donors (Lipinski definition) is 0. The van der Waals surface area contributed by atoms with Crippen LogP contribution in [0.4, 0.5) is 0 Å². The van der Waals surface area contributed by atoms with Gasteiger partial charge in [0.15, 0.2) is 17.5 Å². The van der Waals surface area contributed by atoms with Crippen molar-refractivity contribution in [1.82, 2.24) is 15.0 Å². The van der Waals surface area contributed by atoms with Crippen molar-refractivity contribution in [2.24, 2.45) is 0 Å². The van der Waals surface area contributed by atoms with Gasteiger partial charge >= 0.3 is 0 Å². The molecule has 3 aromatic carbocycles. The van der Waals surface area contributed by atoms with Crippen LogP contribution < -0.4 is 5.46 Å². The summed E-state index contributed by atoms with van der Waals surface area (Å²) < 4.78 is 0. The van der Waals surface area contributed by atoms with Crippen molar-refractivity contribution in [3.8, 4) is 40.2 Å². The molecule has 0 spiro atoms. The third-order valence-electron chi connectivity index (χ3n) is 4.04. The van der Waals surface area contributed by atoms with Crippen molar-refractivity contribution in [3.05, 3.63) is 84.4 Å². The van der Waals surface area contributed by atoms with Crippen LogP contribution in [0.1, 0.15) is 5.56 Å². The fraction of sp³-hybridized carbons (Fsp3) is 0. The molecule has 0 amide bonds. The van der Waals surface area contributed by atoms with E-state index >= 15 is 0 Å². The van der Waals surface area contributed by atoms with E-state index in [9.17, 15) is 5.26 Å². The molecule has 0 N–H and O–H groups in total. The van der Waals surface area contributed by atoms with E-state index in [1.54, 1.807) is 18.2 Å². The summed E-state index contributed by atoms with van der Waals surface area (Å²) in [6.07, 6.45) is 0. The van der Waals surface area contributed by atoms with Gasteiger partial charge in [0.25, 0.3) is 0 Å². The zero-order chi connectivity index (χ0) is 18.6. The van der Waals surface area contributed by atoms with E-state index < -0.39 is 0 Å². The average molecular weight is 344 g/mol. The number of aromatic nitrogens is 3. The van der Waals surface area contributed by atoms with Crippen molar-refractivity contribution in [3.63, 3.8) is 0 Å². The Morgan fingerprint density at radius 1 is 0.630 bits per heavy atom. The van der Waals surface area contributed by atoms with E-state index in [1.807, 2.05) is 60.7 Å². The number of benzene rings is 3. The predicted molar refractivity (Wildman–Crippen MR) is 106 cm³/mol. The first-order chi connectivity index (χ1) is 13.2. The highest BCUT2D eigenvalue weighted by atomic mass is 15.0. The van der Waals surface area contributed by atoms with Crippen molar-refractivity contribution < 1.29 is 0 Å². The SMILES string of the molecule is [B]c1cc(C#N)cc(-c2nc(-c3ccccc3)nc(-c3ccccc3)n2)c1. The second-order valence-electron chi connectivity index (χ2n) is 5.99. The van der Waals surface area contributed by atoms with Crippen molar-refractivity contribution >= 4 is 13.3 Å². The van der Waals surface area contributed by atoms with Crippen molar-refractivity contribution in [2.45, 2.75) is 0 Å². The molecule has 0 saturated heterocycles. The lowest BCUT2D eigenvalue weighted by molar-refractivity contribution is 1.07. The van der Waals surface area contributed by atoms with Gasteiger partial charge in [-0.2, -0.15) is 5.26 Å². The summed E-state index contributed by atoms with van der Waals surface area (Å²) in [5.41, 5.74) is 3.42. The van der Waals surface area contributed by atoms with E-state index in [-0.39, 0.29) is 0 Å². The lowest BCUT2D eigenvalue weighted by Gasteiger charge is -2.09. The summed E-state index contributed by atoms with van der Waals surface area (Å²) in [7, 11) is 5.95. The Hall–Kier alpha value is -3.78. The minimum Gasteiger partial charge on any atom is -0.208 e. The topological polar surface area (TPSA) is 62.5 Å². The zero-order valence-electron chi connectivity index (χ0n) is 14.4. The largest absolute Gasteiger partial charge is 0.208 e. The molecule has 0 saturated carbocycles. The molecule has 1 aromatic heterocycles. The molecule has 4 nitrogen and oxygen atoms in total. The molecule has 2 radical (unpaired) electrons. The minimum atomic E-state index is 0.466. The molecule has 5 heteroatoms. The fourth-order valence-electron chi connectivity index (χ4n) is 2.78. The highest BCUT2D eigenvalue weighted by Gasteiger charge is 2.12. The molecule has 0 aliphatic carbocycles. The molecule has 124 valence electrons. The molecule has 0 unspecified atom stereocenters. The Morgan fingerprint density at radius 2 is 1.11 bits per heavy atom. The van der Waals surface area contributed by atoms with Crippen molar-refractivity contribution in [2.75, 3.05) is 0 Å². The van der Waals surface area contributed by atoms with Gasteiger partial charge in [0.2, 0.25) is 0 Å². The van der Waals surface area contributed by atoms with E-state index in [2.05, 4.69) is 21.0 Å². The summed E-state index contributed by atoms with van der Waals surface area (Å²) in [4.78, 5) is 13.9. The molecule has 0 aliphatic heterocycles. The normalized spacial score (nSPS) is 10.3. The second kappa shape index (κ2) is 7.23. The third-order valence-corrected chi connectivity index (χ3v) is 4.04. The van der Waals surface area contributed by atoms with Crippen LogP contribution in [0.5, 0.6) is 0 Å². The fourth-order valence-corrected chi connectivity index (χ4v) is 2.78. The summed E-state index contributed by atoms with van der Waals surface area (Å²) in [6, 6.07) is 26.7. The average Bonchev–Trinajstić information content (AvgIpc) is 2.74. The maximum atomic E-state index is 9.24. The molecule has 4 aromatic rings. The van der Waals surface area contributed by atoms with Crippen LogP contribution in [-0.4, -0.2) is 22.8 Å². The van der Waals surface area contributed by atoms with Crippen LogP contribution in [0.25, 0.3) is 34.2 Å². The lowest BCUT2D eigenvalue weighted by atomic mass is 9.92. The maximum Gasteiger partial charge on any atom is 0.164 e. The Bertz CT molecular complexity index is 1080. The minimum absolute atomic E-state index is 0.466. The molecule has 27 heavy (non-hydrogen) atoms. The van der Waals surface area contributed by atoms with Crippen LogP contribution in [0, 0.1) is 11.3 Å². The van der Waals surface area contributed by atoms with Crippen LogP contribution in [0.15, 0.2) is 78.9 Å². The monoisotopic (exact) mass is 344 g/mol. The zero-order valence-corrected chi connectivity index (χ0v) is 14.4. The number of rotatable bonds is 3. The van der Waals surface area contributed by atoms with Gasteiger partial charge < -0.3 is 0 Å². The van der Waals surface area contributed by atoms with Crippen LogP contribution >= 0.6 is 0 Å². The quantitative estimate of drug-likeness (QED) is 0.534. The van der Waals surface area contributed by atoms with E-state index in [0.29, 0.717) is 34.1 Å². The van der Waals surface area contributed by atoms with Gasteiger partial charge in [0, 0.05) is 16.7 Å². The van der Waals surface area contributed by atoms with E-state index in [4.69, 9.17) is 7.85 Å². The van der Waals surface area contributed by atoms with Crippen molar-refractivity contribution in [1.29, 1.82) is 5.26 Å². The second-order valence-corrected chi connectivity index (χ2v) is 5.99. The number of nitriles is 1. The van der Waals surface area contributed by atoms with Crippen LogP contribution in [0.3, 0.4) is 0 Å². The van der Waals surface area contributed by atoms with Gasteiger partial charge in [-0.15, -0.1) is 0 Å². The first-order valence-corrected chi connectivity index (χ1v) is 8.41. The number of hydrogen-bond acceptors (Lipinski definition) is 4. The van der Waals surface area contributed by atoms with Gasteiger partial charge in [-0.05, 0) is 6.07 Å². The van der Waals surface area contributed by atoms with E-state index in [1.165, 1.54) is 0 Å². The molecular weight excluding hydrogens is 331 g/mol. The smallest absolute Gasteiger partial charge is 0.164 e. The molecule has 0 atom stereocenters. The van der Waals surface area contributed by atoms with Gasteiger partial charge in [-0.25, -0.2) is 15.0 Å². The maximum absolute atomic E-state index is 9.24. The van der Waals surface area contributed by atoms with Gasteiger partial charge in [-0.3, -0.25) is 0 Å². The molecule has 1 heterocycles. The summed E-state index contributed by atoms with van der Waals surface area (Å²) in [6.45, 7) is 0. The highest BCUT2D eigenvalue weighted by Crippen LogP contribution is 2.24. The molecule has 4 rings (SSSR count). The van der Waals surface area contributed by atoms with E-state index in [0.717, 1.165) is 11.1 Å². The van der Waals surface area contributed by atoms with Crippen LogP contribution in [0.2, 0.25) is 0 Å². The molecule has 0 aliphatic rings. The van der Waals surface area contributed by atoms with Gasteiger partial charge in [0.05, 0.1) is 11.6 Å². The first kappa shape index (κ1) is 16.7. The summed E-state index contributed by atoms with van der Waals surface area (Å²) in [5.74, 6) is 1.62. The number of nitrogens with zero attached hydrogens (tertiary/aromatic N) is 4. The Kier molecular flexibility index (Phi) is 4.46. The lowest BCUT2D eigenvalue weighted by Crippen LogP contribution is -2.06. The first-order valence-electron chi connectivity index (χ1n) is 8.41. The molecule has 0 bridgehead atoms. The summed E-state index contributed by atoms with van der Waals surface area (Å²) in [5, 5.41) is 9.24. The van der Waals surface area contributed by atoms with Gasteiger partial charge in [0.1, 0.15) is 7.85 Å². The summed E-state index contributed by atoms with van der Waals surface area (Å²) >= 11 is 0. The Balaban J connectivity index is 1.94.